The van der Waals surface area contributed by atoms with Gasteiger partial charge in [-0.05, 0) is 38.5 Å². The summed E-state index contributed by atoms with van der Waals surface area (Å²) in [4.78, 5) is 25.1. The zero-order chi connectivity index (χ0) is 15.8. The van der Waals surface area contributed by atoms with Crippen LogP contribution in [0.15, 0.2) is 24.3 Å². The zero-order valence-electron chi connectivity index (χ0n) is 12.8. The Balaban J connectivity index is 2.63. The molecule has 0 fully saturated rings. The third-order valence-electron chi connectivity index (χ3n) is 3.07. The Labute approximate surface area is 125 Å². The monoisotopic (exact) mass is 292 g/mol. The molecule has 1 unspecified atom stereocenters. The van der Waals surface area contributed by atoms with E-state index in [0.29, 0.717) is 18.8 Å². The van der Waals surface area contributed by atoms with Gasteiger partial charge >= 0.3 is 6.03 Å². The van der Waals surface area contributed by atoms with E-state index in [2.05, 4.69) is 10.6 Å². The van der Waals surface area contributed by atoms with Crippen LogP contribution in [0.1, 0.15) is 32.4 Å². The molecular weight excluding hydrogens is 268 g/mol. The number of anilines is 1. The highest BCUT2D eigenvalue weighted by atomic mass is 16.2. The number of nitrogens with one attached hydrogen (secondary N) is 2. The summed E-state index contributed by atoms with van der Waals surface area (Å²) in [5, 5.41) is 5.45. The van der Waals surface area contributed by atoms with Crippen LogP contribution < -0.4 is 16.4 Å². The lowest BCUT2D eigenvalue weighted by atomic mass is 10.1. The summed E-state index contributed by atoms with van der Waals surface area (Å²) in [5.74, 6) is -0.165. The Kier molecular flexibility index (Phi) is 6.68. The predicted octanol–water partition coefficient (Wildman–Crippen LogP) is 1.70. The third kappa shape index (κ3) is 5.43. The van der Waals surface area contributed by atoms with Crippen LogP contribution in [-0.2, 0) is 4.79 Å². The van der Waals surface area contributed by atoms with Crippen molar-refractivity contribution in [3.63, 3.8) is 0 Å². The number of hydrogen-bond donors (Lipinski definition) is 3. The van der Waals surface area contributed by atoms with Crippen LogP contribution >= 0.6 is 0 Å². The fourth-order valence-electron chi connectivity index (χ4n) is 1.83. The van der Waals surface area contributed by atoms with Gasteiger partial charge in [0.2, 0.25) is 5.91 Å². The van der Waals surface area contributed by atoms with Crippen molar-refractivity contribution in [2.45, 2.75) is 26.8 Å². The highest BCUT2D eigenvalue weighted by Crippen LogP contribution is 2.14. The average Bonchev–Trinajstić information content (AvgIpc) is 2.45. The summed E-state index contributed by atoms with van der Waals surface area (Å²) < 4.78 is 0. The van der Waals surface area contributed by atoms with E-state index >= 15 is 0 Å². The number of likely N-dealkylation sites (N-methyl/N-ethyl adjacent to an activating group) is 2. The van der Waals surface area contributed by atoms with Crippen LogP contribution in [0.2, 0.25) is 0 Å². The van der Waals surface area contributed by atoms with Crippen LogP contribution in [0.25, 0.3) is 0 Å². The second-order valence-corrected chi connectivity index (χ2v) is 4.81. The minimum absolute atomic E-state index is 0.0420. The normalized spacial score (nSPS) is 11.6. The second kappa shape index (κ2) is 8.26. The molecule has 1 rings (SSSR count). The minimum atomic E-state index is -0.294. The third-order valence-corrected chi connectivity index (χ3v) is 3.07. The molecule has 3 amide bonds. The van der Waals surface area contributed by atoms with E-state index in [0.717, 1.165) is 5.56 Å². The smallest absolute Gasteiger partial charge is 0.322 e. The minimum Gasteiger partial charge on any atom is -0.355 e. The van der Waals surface area contributed by atoms with Gasteiger partial charge in [-0.1, -0.05) is 12.1 Å². The van der Waals surface area contributed by atoms with Gasteiger partial charge in [-0.15, -0.1) is 0 Å². The first-order valence-corrected chi connectivity index (χ1v) is 7.16. The molecule has 0 saturated carbocycles. The lowest BCUT2D eigenvalue weighted by Gasteiger charge is -2.21. The number of hydrogen-bond acceptors (Lipinski definition) is 3. The number of nitrogens with zero attached hydrogens (tertiary/aromatic N) is 1. The lowest BCUT2D eigenvalue weighted by Crippen LogP contribution is -2.42. The number of amides is 3. The molecule has 0 saturated heterocycles. The van der Waals surface area contributed by atoms with Gasteiger partial charge in [0.1, 0.15) is 6.54 Å². The van der Waals surface area contributed by atoms with Gasteiger partial charge < -0.3 is 21.3 Å². The van der Waals surface area contributed by atoms with Crippen molar-refractivity contribution >= 4 is 17.6 Å². The highest BCUT2D eigenvalue weighted by molar-refractivity contribution is 5.92. The molecule has 0 radical (unpaired) electrons. The van der Waals surface area contributed by atoms with E-state index < -0.39 is 0 Å². The van der Waals surface area contributed by atoms with Crippen molar-refractivity contribution in [2.75, 3.05) is 25.0 Å². The molecule has 0 heterocycles. The van der Waals surface area contributed by atoms with E-state index in [-0.39, 0.29) is 24.5 Å². The van der Waals surface area contributed by atoms with Gasteiger partial charge in [0.05, 0.1) is 0 Å². The van der Waals surface area contributed by atoms with Gasteiger partial charge in [-0.3, -0.25) is 4.79 Å². The van der Waals surface area contributed by atoms with E-state index in [1.165, 1.54) is 4.90 Å². The van der Waals surface area contributed by atoms with Gasteiger partial charge in [0, 0.05) is 24.8 Å². The first-order valence-electron chi connectivity index (χ1n) is 7.16. The molecule has 0 aromatic heterocycles. The first kappa shape index (κ1) is 17.0. The Morgan fingerprint density at radius 3 is 2.33 bits per heavy atom. The maximum absolute atomic E-state index is 12.1. The van der Waals surface area contributed by atoms with Crippen molar-refractivity contribution in [2.24, 2.45) is 5.73 Å². The average molecular weight is 292 g/mol. The molecule has 0 bridgehead atoms. The van der Waals surface area contributed by atoms with Crippen LogP contribution in [0.4, 0.5) is 10.5 Å². The number of carbonyl (C=O) groups is 2. The fraction of sp³-hybridized carbons (Fsp3) is 0.467. The maximum atomic E-state index is 12.1. The van der Waals surface area contributed by atoms with Gasteiger partial charge in [0.15, 0.2) is 0 Å². The molecule has 21 heavy (non-hydrogen) atoms. The molecule has 1 atom stereocenters. The molecule has 0 aliphatic rings. The summed E-state index contributed by atoms with van der Waals surface area (Å²) in [6.07, 6.45) is 0. The van der Waals surface area contributed by atoms with E-state index in [1.807, 2.05) is 32.9 Å². The SMILES string of the molecule is CCNC(=O)CN(CC)C(=O)Nc1ccc(C(C)N)cc1. The van der Waals surface area contributed by atoms with Crippen molar-refractivity contribution < 1.29 is 9.59 Å². The van der Waals surface area contributed by atoms with Crippen LogP contribution in [0.5, 0.6) is 0 Å². The van der Waals surface area contributed by atoms with Gasteiger partial charge in [0.25, 0.3) is 0 Å². The van der Waals surface area contributed by atoms with Crippen LogP contribution in [0.3, 0.4) is 0 Å². The molecule has 6 nitrogen and oxygen atoms in total. The standard InChI is InChI=1S/C15H24N4O2/c1-4-17-14(20)10-19(5-2)15(21)18-13-8-6-12(7-9-13)11(3)16/h6-9,11H,4-5,10,16H2,1-3H3,(H,17,20)(H,18,21). The molecule has 1 aromatic rings. The molecule has 0 aliphatic heterocycles. The Hall–Kier alpha value is -2.08. The van der Waals surface area contributed by atoms with Crippen molar-refractivity contribution in [1.29, 1.82) is 0 Å². The number of nitrogens with two attached hydrogens (primary N) is 1. The molecule has 6 heteroatoms. The molecule has 0 spiro atoms. The van der Waals surface area contributed by atoms with E-state index in [4.69, 9.17) is 5.73 Å². The van der Waals surface area contributed by atoms with E-state index in [9.17, 15) is 9.59 Å². The number of benzene rings is 1. The van der Waals surface area contributed by atoms with E-state index in [1.54, 1.807) is 12.1 Å². The molecule has 116 valence electrons. The summed E-state index contributed by atoms with van der Waals surface area (Å²) in [7, 11) is 0. The lowest BCUT2D eigenvalue weighted by molar-refractivity contribution is -0.121. The van der Waals surface area contributed by atoms with Crippen LogP contribution in [-0.4, -0.2) is 36.5 Å². The Bertz CT molecular complexity index is 471. The van der Waals surface area contributed by atoms with Crippen molar-refractivity contribution in [1.82, 2.24) is 10.2 Å². The number of rotatable bonds is 6. The molecule has 0 aliphatic carbocycles. The fourth-order valence-corrected chi connectivity index (χ4v) is 1.83. The Morgan fingerprint density at radius 2 is 1.86 bits per heavy atom. The first-order chi connectivity index (χ1) is 9.97. The summed E-state index contributed by atoms with van der Waals surface area (Å²) in [5.41, 5.74) is 7.46. The van der Waals surface area contributed by atoms with Gasteiger partial charge in [-0.2, -0.15) is 0 Å². The quantitative estimate of drug-likeness (QED) is 0.745. The number of carbonyl (C=O) groups excluding carboxylic acids is 2. The van der Waals surface area contributed by atoms with Gasteiger partial charge in [-0.25, -0.2) is 4.79 Å². The molecule has 4 N–H and O–H groups in total. The second-order valence-electron chi connectivity index (χ2n) is 4.81. The zero-order valence-corrected chi connectivity index (χ0v) is 12.8. The summed E-state index contributed by atoms with van der Waals surface area (Å²) in [6.45, 7) is 6.64. The molecular formula is C15H24N4O2. The topological polar surface area (TPSA) is 87.5 Å². The number of urea groups is 1. The molecule has 1 aromatic carbocycles. The predicted molar refractivity (Wildman–Crippen MR) is 84.0 cm³/mol. The van der Waals surface area contributed by atoms with Crippen molar-refractivity contribution in [3.8, 4) is 0 Å². The summed E-state index contributed by atoms with van der Waals surface area (Å²) >= 11 is 0. The summed E-state index contributed by atoms with van der Waals surface area (Å²) in [6, 6.07) is 7.02. The maximum Gasteiger partial charge on any atom is 0.322 e. The van der Waals surface area contributed by atoms with Crippen molar-refractivity contribution in [3.05, 3.63) is 29.8 Å². The Morgan fingerprint density at radius 1 is 1.24 bits per heavy atom. The highest BCUT2D eigenvalue weighted by Gasteiger charge is 2.15. The van der Waals surface area contributed by atoms with Crippen LogP contribution in [0, 0.1) is 0 Å². The largest absolute Gasteiger partial charge is 0.355 e.